The third-order valence-electron chi connectivity index (χ3n) is 3.49. The third-order valence-corrected chi connectivity index (χ3v) is 4.24. The molecular formula is C14H22N4OS. The molecule has 0 saturated carbocycles. The van der Waals surface area contributed by atoms with Gasteiger partial charge in [0, 0.05) is 44.2 Å². The van der Waals surface area contributed by atoms with Crippen molar-refractivity contribution in [2.24, 2.45) is 0 Å². The van der Waals surface area contributed by atoms with Gasteiger partial charge in [0.15, 0.2) is 4.96 Å². The number of hydrogen-bond donors (Lipinski definition) is 1. The van der Waals surface area contributed by atoms with Crippen molar-refractivity contribution in [3.05, 3.63) is 23.0 Å². The molecule has 2 aromatic rings. The van der Waals surface area contributed by atoms with Crippen LogP contribution in [0.3, 0.4) is 0 Å². The van der Waals surface area contributed by atoms with Crippen LogP contribution in [-0.2, 0) is 11.3 Å². The van der Waals surface area contributed by atoms with E-state index in [1.807, 2.05) is 37.2 Å². The summed E-state index contributed by atoms with van der Waals surface area (Å²) in [6.07, 6.45) is 2.59. The molecule has 0 spiro atoms. The van der Waals surface area contributed by atoms with Crippen LogP contribution in [0.25, 0.3) is 4.96 Å². The number of thiazole rings is 1. The first-order valence-corrected chi connectivity index (χ1v) is 7.94. The first kappa shape index (κ1) is 15.0. The van der Waals surface area contributed by atoms with E-state index in [0.29, 0.717) is 13.0 Å². The number of rotatable bonds is 7. The lowest BCUT2D eigenvalue weighted by Gasteiger charge is -2.18. The molecule has 0 unspecified atom stereocenters. The molecule has 0 aromatic carbocycles. The molecule has 1 N–H and O–H groups in total. The number of carbonyl (C=O) groups is 1. The van der Waals surface area contributed by atoms with E-state index in [1.54, 1.807) is 11.3 Å². The highest BCUT2D eigenvalue weighted by Crippen LogP contribution is 2.16. The Morgan fingerprint density at radius 1 is 1.45 bits per heavy atom. The predicted octanol–water partition coefficient (Wildman–Crippen LogP) is 2.05. The molecule has 6 heteroatoms. The molecule has 20 heavy (non-hydrogen) atoms. The van der Waals surface area contributed by atoms with Gasteiger partial charge in [0.25, 0.3) is 0 Å². The molecule has 5 nitrogen and oxygen atoms in total. The van der Waals surface area contributed by atoms with Gasteiger partial charge in [-0.3, -0.25) is 9.20 Å². The van der Waals surface area contributed by atoms with Crippen LogP contribution in [0.1, 0.15) is 31.7 Å². The maximum Gasteiger partial charge on any atom is 0.223 e. The van der Waals surface area contributed by atoms with Crippen molar-refractivity contribution in [2.75, 3.05) is 19.6 Å². The molecule has 0 radical (unpaired) electrons. The maximum absolute atomic E-state index is 11.9. The third kappa shape index (κ3) is 3.19. The summed E-state index contributed by atoms with van der Waals surface area (Å²) >= 11 is 1.64. The molecule has 2 aromatic heterocycles. The zero-order valence-corrected chi connectivity index (χ0v) is 13.2. The van der Waals surface area contributed by atoms with Crippen molar-refractivity contribution < 1.29 is 4.79 Å². The highest BCUT2D eigenvalue weighted by molar-refractivity contribution is 7.15. The topological polar surface area (TPSA) is 49.6 Å². The first-order chi connectivity index (χ1) is 9.67. The van der Waals surface area contributed by atoms with Crippen LogP contribution >= 0.6 is 11.3 Å². The second-order valence-corrected chi connectivity index (χ2v) is 5.57. The van der Waals surface area contributed by atoms with Crippen LogP contribution in [0, 0.1) is 6.92 Å². The molecule has 0 aliphatic carbocycles. The van der Waals surface area contributed by atoms with Crippen LogP contribution in [0.4, 0.5) is 0 Å². The second-order valence-electron chi connectivity index (χ2n) is 4.69. The molecule has 0 atom stereocenters. The lowest BCUT2D eigenvalue weighted by atomic mass is 10.3. The minimum absolute atomic E-state index is 0.216. The Labute approximate surface area is 123 Å². The van der Waals surface area contributed by atoms with E-state index in [1.165, 1.54) is 5.69 Å². The minimum Gasteiger partial charge on any atom is -0.343 e. The zero-order chi connectivity index (χ0) is 14.5. The molecule has 2 heterocycles. The Hall–Kier alpha value is -1.40. The minimum atomic E-state index is 0.216. The maximum atomic E-state index is 11.9. The van der Waals surface area contributed by atoms with Crippen molar-refractivity contribution >= 4 is 22.2 Å². The monoisotopic (exact) mass is 294 g/mol. The average molecular weight is 294 g/mol. The van der Waals surface area contributed by atoms with Crippen molar-refractivity contribution in [1.82, 2.24) is 19.6 Å². The summed E-state index contributed by atoms with van der Waals surface area (Å²) < 4.78 is 2.11. The standard InChI is InChI=1S/C14H22N4OS/c1-4-17(5-2)13(19)6-7-15-10-12-11(3)16-14-18(12)8-9-20-14/h8-9,15H,4-7,10H2,1-3H3. The molecule has 110 valence electrons. The molecule has 1 amide bonds. The lowest BCUT2D eigenvalue weighted by molar-refractivity contribution is -0.130. The molecule has 0 aliphatic heterocycles. The Morgan fingerprint density at radius 3 is 2.90 bits per heavy atom. The van der Waals surface area contributed by atoms with E-state index in [4.69, 9.17) is 0 Å². The van der Waals surface area contributed by atoms with Gasteiger partial charge in [-0.25, -0.2) is 4.98 Å². The summed E-state index contributed by atoms with van der Waals surface area (Å²) in [7, 11) is 0. The molecule has 0 saturated heterocycles. The highest BCUT2D eigenvalue weighted by Gasteiger charge is 2.11. The van der Waals surface area contributed by atoms with Crippen molar-refractivity contribution in [3.63, 3.8) is 0 Å². The van der Waals surface area contributed by atoms with Crippen LogP contribution in [0.2, 0.25) is 0 Å². The fraction of sp³-hybridized carbons (Fsp3) is 0.571. The van der Waals surface area contributed by atoms with Gasteiger partial charge in [0.05, 0.1) is 11.4 Å². The number of nitrogens with one attached hydrogen (secondary N) is 1. The summed E-state index contributed by atoms with van der Waals surface area (Å²) in [5, 5.41) is 5.38. The Bertz CT molecular complexity index is 571. The number of aryl methyl sites for hydroxylation is 1. The van der Waals surface area contributed by atoms with E-state index >= 15 is 0 Å². The number of nitrogens with zero attached hydrogens (tertiary/aromatic N) is 3. The molecule has 0 fully saturated rings. The van der Waals surface area contributed by atoms with Crippen LogP contribution in [0.15, 0.2) is 11.6 Å². The van der Waals surface area contributed by atoms with Crippen molar-refractivity contribution in [2.45, 2.75) is 33.7 Å². The first-order valence-electron chi connectivity index (χ1n) is 7.06. The lowest BCUT2D eigenvalue weighted by Crippen LogP contribution is -2.32. The number of fused-ring (bicyclic) bond motifs is 1. The molecule has 0 bridgehead atoms. The summed E-state index contributed by atoms with van der Waals surface area (Å²) in [4.78, 5) is 19.3. The number of amides is 1. The van der Waals surface area contributed by atoms with Crippen LogP contribution < -0.4 is 5.32 Å². The Balaban J connectivity index is 1.83. The summed E-state index contributed by atoms with van der Waals surface area (Å²) in [6, 6.07) is 0. The largest absolute Gasteiger partial charge is 0.343 e. The molecular weight excluding hydrogens is 272 g/mol. The molecule has 2 rings (SSSR count). The van der Waals surface area contributed by atoms with Gasteiger partial charge in [-0.1, -0.05) is 0 Å². The van der Waals surface area contributed by atoms with Crippen LogP contribution in [-0.4, -0.2) is 39.8 Å². The van der Waals surface area contributed by atoms with Gasteiger partial charge >= 0.3 is 0 Å². The highest BCUT2D eigenvalue weighted by atomic mass is 32.1. The number of imidazole rings is 1. The number of carbonyl (C=O) groups excluding carboxylic acids is 1. The van der Waals surface area contributed by atoms with E-state index in [0.717, 1.165) is 30.3 Å². The van der Waals surface area contributed by atoms with E-state index in [9.17, 15) is 4.79 Å². The second kappa shape index (κ2) is 6.85. The van der Waals surface area contributed by atoms with Gasteiger partial charge in [0.1, 0.15) is 0 Å². The van der Waals surface area contributed by atoms with Crippen molar-refractivity contribution in [3.8, 4) is 0 Å². The normalized spacial score (nSPS) is 11.2. The molecule has 0 aliphatic rings. The van der Waals surface area contributed by atoms with Gasteiger partial charge < -0.3 is 10.2 Å². The number of hydrogen-bond acceptors (Lipinski definition) is 4. The average Bonchev–Trinajstić information content (AvgIpc) is 2.98. The fourth-order valence-electron chi connectivity index (χ4n) is 2.29. The van der Waals surface area contributed by atoms with Crippen molar-refractivity contribution in [1.29, 1.82) is 0 Å². The smallest absolute Gasteiger partial charge is 0.223 e. The summed E-state index contributed by atoms with van der Waals surface area (Å²) in [6.45, 7) is 9.06. The number of aromatic nitrogens is 2. The van der Waals surface area contributed by atoms with Gasteiger partial charge in [0.2, 0.25) is 5.91 Å². The Morgan fingerprint density at radius 2 is 2.20 bits per heavy atom. The van der Waals surface area contributed by atoms with Gasteiger partial charge in [-0.05, 0) is 20.8 Å². The SMILES string of the molecule is CCN(CC)C(=O)CCNCc1c(C)nc2sccn12. The van der Waals surface area contributed by atoms with Crippen LogP contribution in [0.5, 0.6) is 0 Å². The van der Waals surface area contributed by atoms with Gasteiger partial charge in [-0.2, -0.15) is 0 Å². The van der Waals surface area contributed by atoms with Gasteiger partial charge in [-0.15, -0.1) is 11.3 Å². The summed E-state index contributed by atoms with van der Waals surface area (Å²) in [5.41, 5.74) is 2.23. The van der Waals surface area contributed by atoms with E-state index in [-0.39, 0.29) is 5.91 Å². The zero-order valence-electron chi connectivity index (χ0n) is 12.3. The quantitative estimate of drug-likeness (QED) is 0.795. The predicted molar refractivity (Wildman–Crippen MR) is 82.1 cm³/mol. The van der Waals surface area contributed by atoms with E-state index in [2.05, 4.69) is 14.7 Å². The summed E-state index contributed by atoms with van der Waals surface area (Å²) in [5.74, 6) is 0.216. The Kier molecular flexibility index (Phi) is 5.14. The fourth-order valence-corrected chi connectivity index (χ4v) is 3.07. The van der Waals surface area contributed by atoms with E-state index < -0.39 is 0 Å².